The first-order valence-electron chi connectivity index (χ1n) is 13.9. The Morgan fingerprint density at radius 1 is 0.750 bits per heavy atom. The standard InChI is InChI=1S/C30H45ClO/c1-2-3-22-6-12-25(13-7-22)26-14-8-23(9-15-26)4-5-24-10-16-27(17-11-24)28-18-20-29(21-19-28)30(31)32/h10-11,16-17,22-23,25-26,28-29H,2-9,12-15,18-21H2,1H3/t22-,23-,25-,26-,28-,29-. The van der Waals surface area contributed by atoms with E-state index in [1.807, 2.05) is 0 Å². The fourth-order valence-corrected chi connectivity index (χ4v) is 7.50. The molecule has 0 radical (unpaired) electrons. The van der Waals surface area contributed by atoms with Gasteiger partial charge in [0, 0.05) is 5.92 Å². The second kappa shape index (κ2) is 12.0. The monoisotopic (exact) mass is 456 g/mol. The van der Waals surface area contributed by atoms with Gasteiger partial charge in [-0.3, -0.25) is 4.79 Å². The van der Waals surface area contributed by atoms with Crippen molar-refractivity contribution in [1.82, 2.24) is 0 Å². The molecule has 178 valence electrons. The molecule has 3 saturated carbocycles. The van der Waals surface area contributed by atoms with Crippen molar-refractivity contribution >= 4 is 16.8 Å². The van der Waals surface area contributed by atoms with Crippen LogP contribution in [0.3, 0.4) is 0 Å². The average Bonchev–Trinajstić information content (AvgIpc) is 2.84. The molecule has 0 amide bonds. The van der Waals surface area contributed by atoms with Gasteiger partial charge in [0.25, 0.3) is 0 Å². The van der Waals surface area contributed by atoms with Gasteiger partial charge in [0.2, 0.25) is 5.24 Å². The van der Waals surface area contributed by atoms with Crippen molar-refractivity contribution in [1.29, 1.82) is 0 Å². The zero-order valence-electron chi connectivity index (χ0n) is 20.4. The van der Waals surface area contributed by atoms with Crippen LogP contribution < -0.4 is 0 Å². The Labute approximate surface area is 202 Å². The molecular formula is C30H45ClO. The van der Waals surface area contributed by atoms with E-state index >= 15 is 0 Å². The molecule has 3 fully saturated rings. The SMILES string of the molecule is CCC[C@H]1CC[C@H]([C@H]2CC[C@H](CCc3ccc([C@H]4CC[C@H](C(=O)Cl)CC4)cc3)CC2)CC1. The fraction of sp³-hybridized carbons (Fsp3) is 0.767. The molecule has 1 aromatic rings. The van der Waals surface area contributed by atoms with Crippen LogP contribution in [0.4, 0.5) is 0 Å². The Morgan fingerprint density at radius 3 is 1.78 bits per heavy atom. The van der Waals surface area contributed by atoms with Crippen LogP contribution in [0.2, 0.25) is 0 Å². The molecule has 3 aliphatic carbocycles. The first-order chi connectivity index (χ1) is 15.6. The minimum Gasteiger partial charge on any atom is -0.281 e. The van der Waals surface area contributed by atoms with E-state index in [2.05, 4.69) is 31.2 Å². The van der Waals surface area contributed by atoms with Crippen LogP contribution in [0.25, 0.3) is 0 Å². The maximum absolute atomic E-state index is 11.4. The number of rotatable bonds is 8. The molecule has 0 N–H and O–H groups in total. The molecule has 32 heavy (non-hydrogen) atoms. The van der Waals surface area contributed by atoms with Gasteiger partial charge < -0.3 is 0 Å². The smallest absolute Gasteiger partial charge is 0.224 e. The first-order valence-corrected chi connectivity index (χ1v) is 14.3. The van der Waals surface area contributed by atoms with Gasteiger partial charge in [-0.2, -0.15) is 0 Å². The molecule has 3 aliphatic rings. The summed E-state index contributed by atoms with van der Waals surface area (Å²) in [6, 6.07) is 9.45. The molecule has 0 saturated heterocycles. The van der Waals surface area contributed by atoms with Gasteiger partial charge in [0.15, 0.2) is 0 Å². The Hall–Kier alpha value is -0.820. The molecule has 1 aromatic carbocycles. The van der Waals surface area contributed by atoms with E-state index in [0.29, 0.717) is 5.92 Å². The average molecular weight is 457 g/mol. The Balaban J connectivity index is 1.15. The van der Waals surface area contributed by atoms with Gasteiger partial charge in [0.1, 0.15) is 0 Å². The van der Waals surface area contributed by atoms with E-state index in [4.69, 9.17) is 11.6 Å². The topological polar surface area (TPSA) is 17.1 Å². The van der Waals surface area contributed by atoms with E-state index in [-0.39, 0.29) is 11.2 Å². The van der Waals surface area contributed by atoms with Crippen molar-refractivity contribution in [2.45, 2.75) is 116 Å². The highest BCUT2D eigenvalue weighted by atomic mass is 35.5. The Morgan fingerprint density at radius 2 is 1.28 bits per heavy atom. The summed E-state index contributed by atoms with van der Waals surface area (Å²) in [5.41, 5.74) is 2.97. The second-order valence-corrected chi connectivity index (χ2v) is 11.9. The van der Waals surface area contributed by atoms with E-state index in [1.165, 1.54) is 88.2 Å². The summed E-state index contributed by atoms with van der Waals surface area (Å²) in [7, 11) is 0. The summed E-state index contributed by atoms with van der Waals surface area (Å²) >= 11 is 5.69. The molecule has 0 aliphatic heterocycles. The van der Waals surface area contributed by atoms with Gasteiger partial charge in [-0.1, -0.05) is 69.7 Å². The highest BCUT2D eigenvalue weighted by Gasteiger charge is 2.30. The largest absolute Gasteiger partial charge is 0.281 e. The molecule has 0 unspecified atom stereocenters. The van der Waals surface area contributed by atoms with Crippen molar-refractivity contribution < 1.29 is 4.79 Å². The molecule has 2 heteroatoms. The van der Waals surface area contributed by atoms with Gasteiger partial charge in [-0.25, -0.2) is 0 Å². The summed E-state index contributed by atoms with van der Waals surface area (Å²) in [4.78, 5) is 11.4. The van der Waals surface area contributed by atoms with Crippen LogP contribution in [0, 0.1) is 29.6 Å². The third kappa shape index (κ3) is 6.62. The molecule has 0 spiro atoms. The molecule has 0 atom stereocenters. The second-order valence-electron chi connectivity index (χ2n) is 11.5. The van der Waals surface area contributed by atoms with Crippen LogP contribution in [-0.4, -0.2) is 5.24 Å². The molecular weight excluding hydrogens is 412 g/mol. The quantitative estimate of drug-likeness (QED) is 0.356. The first kappa shape index (κ1) is 24.3. The van der Waals surface area contributed by atoms with Crippen molar-refractivity contribution in [3.8, 4) is 0 Å². The lowest BCUT2D eigenvalue weighted by atomic mass is 9.68. The minimum atomic E-state index is -0.132. The van der Waals surface area contributed by atoms with Crippen LogP contribution in [0.15, 0.2) is 24.3 Å². The maximum atomic E-state index is 11.4. The van der Waals surface area contributed by atoms with Crippen molar-refractivity contribution in [2.24, 2.45) is 29.6 Å². The Kier molecular flexibility index (Phi) is 9.15. The third-order valence-electron chi connectivity index (χ3n) is 9.49. The number of carbonyl (C=O) groups is 1. The predicted molar refractivity (Wildman–Crippen MR) is 136 cm³/mol. The minimum absolute atomic E-state index is 0.0957. The summed E-state index contributed by atoms with van der Waals surface area (Å²) in [5, 5.41) is -0.132. The summed E-state index contributed by atoms with van der Waals surface area (Å²) in [5.74, 6) is 4.79. The van der Waals surface area contributed by atoms with Crippen molar-refractivity contribution in [2.75, 3.05) is 0 Å². The molecule has 0 heterocycles. The number of hydrogen-bond donors (Lipinski definition) is 0. The van der Waals surface area contributed by atoms with Crippen LogP contribution in [-0.2, 0) is 11.2 Å². The third-order valence-corrected chi connectivity index (χ3v) is 9.80. The van der Waals surface area contributed by atoms with Gasteiger partial charge in [0.05, 0.1) is 0 Å². The molecule has 4 rings (SSSR count). The number of halogens is 1. The highest BCUT2D eigenvalue weighted by Crippen LogP contribution is 2.43. The lowest BCUT2D eigenvalue weighted by Crippen LogP contribution is -2.26. The lowest BCUT2D eigenvalue weighted by molar-refractivity contribution is -0.116. The highest BCUT2D eigenvalue weighted by molar-refractivity contribution is 6.63. The van der Waals surface area contributed by atoms with Gasteiger partial charge >= 0.3 is 0 Å². The zero-order valence-corrected chi connectivity index (χ0v) is 21.1. The summed E-state index contributed by atoms with van der Waals surface area (Å²) in [6.45, 7) is 2.35. The molecule has 0 bridgehead atoms. The fourth-order valence-electron chi connectivity index (χ4n) is 7.29. The molecule has 1 nitrogen and oxygen atoms in total. The van der Waals surface area contributed by atoms with Crippen LogP contribution >= 0.6 is 11.6 Å². The van der Waals surface area contributed by atoms with Crippen LogP contribution in [0.1, 0.15) is 120 Å². The van der Waals surface area contributed by atoms with Crippen LogP contribution in [0.5, 0.6) is 0 Å². The number of benzene rings is 1. The summed E-state index contributed by atoms with van der Waals surface area (Å²) in [6.07, 6.45) is 21.6. The molecule has 0 aromatic heterocycles. The van der Waals surface area contributed by atoms with E-state index in [1.54, 1.807) is 0 Å². The lowest BCUT2D eigenvalue weighted by Gasteiger charge is -2.38. The van der Waals surface area contributed by atoms with Crippen molar-refractivity contribution in [3.05, 3.63) is 35.4 Å². The number of aryl methyl sites for hydroxylation is 1. The number of carbonyl (C=O) groups excluding carboxylic acids is 1. The maximum Gasteiger partial charge on any atom is 0.224 e. The number of hydrogen-bond acceptors (Lipinski definition) is 1. The van der Waals surface area contributed by atoms with Crippen molar-refractivity contribution in [3.63, 3.8) is 0 Å². The summed E-state index contributed by atoms with van der Waals surface area (Å²) < 4.78 is 0. The Bertz CT molecular complexity index is 686. The van der Waals surface area contributed by atoms with E-state index < -0.39 is 0 Å². The van der Waals surface area contributed by atoms with Gasteiger partial charge in [-0.15, -0.1) is 0 Å². The van der Waals surface area contributed by atoms with Gasteiger partial charge in [-0.05, 0) is 117 Å². The van der Waals surface area contributed by atoms with E-state index in [0.717, 1.165) is 49.4 Å². The zero-order chi connectivity index (χ0) is 22.3. The van der Waals surface area contributed by atoms with E-state index in [9.17, 15) is 4.79 Å². The predicted octanol–water partition coefficient (Wildman–Crippen LogP) is 9.07. The normalized spacial score (nSPS) is 33.7.